The monoisotopic (exact) mass is 805 g/mol. The molecule has 2 rings (SSSR count). The summed E-state index contributed by atoms with van der Waals surface area (Å²) in [6.45, 7) is 12.6. The molecule has 0 radical (unpaired) electrons. The minimum absolute atomic E-state index is 0.00732. The topological polar surface area (TPSA) is 148 Å². The highest BCUT2D eigenvalue weighted by Gasteiger charge is 2.30. The van der Waals surface area contributed by atoms with Crippen molar-refractivity contribution >= 4 is 23.3 Å². The Labute approximate surface area is 327 Å². The third kappa shape index (κ3) is 25.7. The van der Waals surface area contributed by atoms with Gasteiger partial charge in [-0.2, -0.15) is 13.2 Å². The summed E-state index contributed by atoms with van der Waals surface area (Å²) in [4.78, 5) is 24.2. The number of alkyl halides is 3. The molecule has 0 atom stereocenters. The number of esters is 2. The van der Waals surface area contributed by atoms with Gasteiger partial charge in [0, 0.05) is 5.69 Å². The van der Waals surface area contributed by atoms with E-state index < -0.39 is 23.3 Å². The van der Waals surface area contributed by atoms with Crippen LogP contribution in [0.25, 0.3) is 0 Å². The Balaban J connectivity index is 1.29. The number of hydrogen-bond donors (Lipinski definition) is 1. The number of ether oxygens (including phenoxy) is 11. The number of rotatable bonds is 33. The zero-order chi connectivity index (χ0) is 40.7. The Morgan fingerprint density at radius 1 is 0.536 bits per heavy atom. The number of carbonyl (C=O) groups excluding carboxylic acids is 2. The van der Waals surface area contributed by atoms with Crippen molar-refractivity contribution in [3.8, 4) is 0 Å². The van der Waals surface area contributed by atoms with E-state index in [0.29, 0.717) is 118 Å². The van der Waals surface area contributed by atoms with Gasteiger partial charge in [0.05, 0.1) is 142 Å². The van der Waals surface area contributed by atoms with Crippen LogP contribution in [-0.2, 0) is 63.1 Å². The largest absolute Gasteiger partial charge is 0.460 e. The molecule has 0 saturated carbocycles. The third-order valence-corrected chi connectivity index (χ3v) is 6.92. The quantitative estimate of drug-likeness (QED) is 0.0717. The predicted molar refractivity (Wildman–Crippen MR) is 199 cm³/mol. The van der Waals surface area contributed by atoms with Crippen molar-refractivity contribution in [1.29, 1.82) is 0 Å². The molecule has 0 bridgehead atoms. The Morgan fingerprint density at radius 2 is 0.946 bits per heavy atom. The van der Waals surface area contributed by atoms with Gasteiger partial charge in [-0.15, -0.1) is 0 Å². The summed E-state index contributed by atoms with van der Waals surface area (Å²) in [5.41, 5.74) is -0.597. The second-order valence-corrected chi connectivity index (χ2v) is 12.7. The minimum Gasteiger partial charge on any atom is -0.460 e. The molecule has 1 N–H and O–H groups in total. The summed E-state index contributed by atoms with van der Waals surface area (Å²) >= 11 is 0. The van der Waals surface area contributed by atoms with Gasteiger partial charge in [-0.05, 0) is 51.1 Å². The first-order valence-corrected chi connectivity index (χ1v) is 18.6. The molecular formula is C39H58F3NO13. The van der Waals surface area contributed by atoms with E-state index in [2.05, 4.69) is 5.32 Å². The van der Waals surface area contributed by atoms with E-state index in [1.807, 2.05) is 20.8 Å². The number of nitrogens with one attached hydrogen (secondary N) is 1. The van der Waals surface area contributed by atoms with Crippen molar-refractivity contribution in [3.05, 3.63) is 59.7 Å². The lowest BCUT2D eigenvalue weighted by Crippen LogP contribution is -2.24. The molecule has 318 valence electrons. The molecule has 14 nitrogen and oxygen atoms in total. The van der Waals surface area contributed by atoms with E-state index in [4.69, 9.17) is 52.1 Å². The zero-order valence-corrected chi connectivity index (χ0v) is 32.7. The smallest absolute Gasteiger partial charge is 0.416 e. The SMILES string of the molecule is CC(C)(C)OC(=O)CCOCCOCCOCCOCCOCCOCCOCCOCCOCCOC(=O)c1ccccc1Nc1cccc(C(F)(F)F)c1. The maximum atomic E-state index is 13.1. The highest BCUT2D eigenvalue weighted by atomic mass is 19.4. The second-order valence-electron chi connectivity index (χ2n) is 12.7. The van der Waals surface area contributed by atoms with E-state index in [9.17, 15) is 22.8 Å². The molecule has 2 aromatic rings. The first-order valence-electron chi connectivity index (χ1n) is 18.6. The fourth-order valence-electron chi connectivity index (χ4n) is 4.38. The normalized spacial score (nSPS) is 11.8. The Hall–Kier alpha value is -3.39. The number of benzene rings is 2. The highest BCUT2D eigenvalue weighted by Crippen LogP contribution is 2.32. The molecule has 0 unspecified atom stereocenters. The lowest BCUT2D eigenvalue weighted by molar-refractivity contribution is -0.156. The van der Waals surface area contributed by atoms with E-state index in [1.54, 1.807) is 18.2 Å². The van der Waals surface area contributed by atoms with Crippen molar-refractivity contribution in [3.63, 3.8) is 0 Å². The van der Waals surface area contributed by atoms with Gasteiger partial charge >= 0.3 is 18.1 Å². The van der Waals surface area contributed by atoms with Crippen molar-refractivity contribution in [2.45, 2.75) is 39.0 Å². The van der Waals surface area contributed by atoms with Gasteiger partial charge in [-0.25, -0.2) is 4.79 Å². The summed E-state index contributed by atoms with van der Waals surface area (Å²) in [6, 6.07) is 11.1. The molecule has 0 heterocycles. The van der Waals surface area contributed by atoms with Gasteiger partial charge in [-0.3, -0.25) is 4.79 Å². The average Bonchev–Trinajstić information content (AvgIpc) is 3.14. The Kier molecular flexibility index (Phi) is 25.9. The second kappa shape index (κ2) is 29.8. The van der Waals surface area contributed by atoms with Crippen LogP contribution in [0.3, 0.4) is 0 Å². The van der Waals surface area contributed by atoms with Gasteiger partial charge in [0.1, 0.15) is 12.2 Å². The summed E-state index contributed by atoms with van der Waals surface area (Å²) in [7, 11) is 0. The first-order chi connectivity index (χ1) is 27.0. The highest BCUT2D eigenvalue weighted by molar-refractivity contribution is 5.96. The fraction of sp³-hybridized carbons (Fsp3) is 0.641. The molecule has 0 aliphatic carbocycles. The Bertz CT molecular complexity index is 1330. The molecule has 0 spiro atoms. The molecule has 56 heavy (non-hydrogen) atoms. The zero-order valence-electron chi connectivity index (χ0n) is 32.7. The molecule has 2 aromatic carbocycles. The molecule has 0 aliphatic rings. The van der Waals surface area contributed by atoms with Crippen LogP contribution in [0.1, 0.15) is 43.1 Å². The number of carbonyl (C=O) groups is 2. The molecular weight excluding hydrogens is 747 g/mol. The molecule has 0 aromatic heterocycles. The molecule has 0 amide bonds. The van der Waals surface area contributed by atoms with Gasteiger partial charge in [-0.1, -0.05) is 18.2 Å². The fourth-order valence-corrected chi connectivity index (χ4v) is 4.38. The van der Waals surface area contributed by atoms with Gasteiger partial charge < -0.3 is 57.4 Å². The summed E-state index contributed by atoms with van der Waals surface area (Å²) in [6.07, 6.45) is -4.27. The first kappa shape index (κ1) is 48.8. The number of para-hydroxylation sites is 1. The molecule has 0 fully saturated rings. The van der Waals surface area contributed by atoms with Crippen molar-refractivity contribution in [2.75, 3.05) is 131 Å². The lowest BCUT2D eigenvalue weighted by Gasteiger charge is -2.19. The van der Waals surface area contributed by atoms with Crippen LogP contribution in [0.15, 0.2) is 48.5 Å². The molecule has 0 aliphatic heterocycles. The van der Waals surface area contributed by atoms with Crippen molar-refractivity contribution in [2.24, 2.45) is 0 Å². The van der Waals surface area contributed by atoms with Crippen LogP contribution < -0.4 is 5.32 Å². The summed E-state index contributed by atoms with van der Waals surface area (Å²) < 4.78 is 98.6. The van der Waals surface area contributed by atoms with Crippen LogP contribution in [0.4, 0.5) is 24.5 Å². The number of hydrogen-bond acceptors (Lipinski definition) is 14. The van der Waals surface area contributed by atoms with E-state index in [-0.39, 0.29) is 36.9 Å². The van der Waals surface area contributed by atoms with E-state index in [1.165, 1.54) is 18.2 Å². The summed E-state index contributed by atoms with van der Waals surface area (Å²) in [5.74, 6) is -0.914. The predicted octanol–water partition coefficient (Wildman–Crippen LogP) is 5.49. The third-order valence-electron chi connectivity index (χ3n) is 6.92. The molecule has 0 saturated heterocycles. The van der Waals surface area contributed by atoms with Gasteiger partial charge in [0.15, 0.2) is 0 Å². The van der Waals surface area contributed by atoms with E-state index in [0.717, 1.165) is 12.1 Å². The van der Waals surface area contributed by atoms with Gasteiger partial charge in [0.2, 0.25) is 0 Å². The van der Waals surface area contributed by atoms with Crippen molar-refractivity contribution in [1.82, 2.24) is 0 Å². The van der Waals surface area contributed by atoms with Crippen LogP contribution in [0, 0.1) is 0 Å². The number of halogens is 3. The molecule has 17 heteroatoms. The van der Waals surface area contributed by atoms with Crippen molar-refractivity contribution < 1.29 is 74.9 Å². The van der Waals surface area contributed by atoms with Crippen LogP contribution in [0.5, 0.6) is 0 Å². The van der Waals surface area contributed by atoms with E-state index >= 15 is 0 Å². The van der Waals surface area contributed by atoms with Gasteiger partial charge in [0.25, 0.3) is 0 Å². The minimum atomic E-state index is -4.48. The van der Waals surface area contributed by atoms with Crippen LogP contribution >= 0.6 is 0 Å². The van der Waals surface area contributed by atoms with Crippen LogP contribution in [-0.4, -0.2) is 143 Å². The maximum Gasteiger partial charge on any atom is 0.416 e. The number of anilines is 2. The standard InChI is InChI=1S/C39H58F3NO13/c1-38(2,3)56-36(44)11-12-46-13-14-47-15-16-48-17-18-49-19-20-50-21-22-51-23-24-52-25-26-53-27-28-54-29-30-55-37(45)34-9-4-5-10-35(34)43-33-8-6-7-32(31-33)39(40,41)42/h4-10,31,43H,11-30H2,1-3H3. The Morgan fingerprint density at radius 3 is 1.38 bits per heavy atom. The summed E-state index contributed by atoms with van der Waals surface area (Å²) in [5, 5.41) is 2.86. The van der Waals surface area contributed by atoms with Crippen LogP contribution in [0.2, 0.25) is 0 Å². The lowest BCUT2D eigenvalue weighted by atomic mass is 10.1. The average molecular weight is 806 g/mol. The maximum absolute atomic E-state index is 13.1.